The summed E-state index contributed by atoms with van der Waals surface area (Å²) in [6, 6.07) is 8.61. The number of fused-ring (bicyclic) bond motifs is 1. The molecule has 32 heavy (non-hydrogen) atoms. The molecule has 2 aliphatic heterocycles. The Morgan fingerprint density at radius 2 is 1.84 bits per heavy atom. The molecule has 5 rings (SSSR count). The molecule has 164 valence electrons. The van der Waals surface area contributed by atoms with Crippen molar-refractivity contribution in [3.05, 3.63) is 71.2 Å². The molecule has 0 aliphatic carbocycles. The van der Waals surface area contributed by atoms with Crippen LogP contribution in [0.3, 0.4) is 0 Å². The van der Waals surface area contributed by atoms with E-state index in [2.05, 4.69) is 19.9 Å². The van der Waals surface area contributed by atoms with Crippen LogP contribution in [0.15, 0.2) is 42.6 Å². The fraction of sp³-hybridized carbons (Fsp3) is 0.333. The van der Waals surface area contributed by atoms with Gasteiger partial charge in [0.15, 0.2) is 0 Å². The first kappa shape index (κ1) is 20.5. The average Bonchev–Trinajstić information content (AvgIpc) is 2.74. The van der Waals surface area contributed by atoms with Gasteiger partial charge in [0, 0.05) is 48.7 Å². The van der Waals surface area contributed by atoms with Crippen molar-refractivity contribution < 1.29 is 13.6 Å². The van der Waals surface area contributed by atoms with Crippen LogP contribution in [0, 0.1) is 31.4 Å². The summed E-state index contributed by atoms with van der Waals surface area (Å²) in [5.74, 6) is -0.277. The standard InChI is InChI=1S/C24H23F2N5O/c1-14-10-15(2)29-24(28-14)31-12-16-7-9-30(13-21(16)31)23(32)19-11-17(25)5-6-18(19)22-20(26)4-3-8-27-22/h3-6,8,10-11,16,21H,7,9,12-13H2,1-2H3/t16-,21-/m0/s1. The van der Waals surface area contributed by atoms with Gasteiger partial charge in [-0.05, 0) is 56.7 Å². The summed E-state index contributed by atoms with van der Waals surface area (Å²) in [7, 11) is 0. The summed E-state index contributed by atoms with van der Waals surface area (Å²) >= 11 is 0. The molecule has 2 aliphatic rings. The third-order valence-corrected chi connectivity index (χ3v) is 6.29. The highest BCUT2D eigenvalue weighted by molar-refractivity contribution is 6.00. The van der Waals surface area contributed by atoms with Crippen LogP contribution in [-0.2, 0) is 0 Å². The van der Waals surface area contributed by atoms with E-state index < -0.39 is 11.6 Å². The Bertz CT molecular complexity index is 1180. The molecular weight excluding hydrogens is 412 g/mol. The van der Waals surface area contributed by atoms with Gasteiger partial charge in [0.05, 0.1) is 11.6 Å². The van der Waals surface area contributed by atoms with Crippen molar-refractivity contribution in [3.8, 4) is 11.3 Å². The maximum Gasteiger partial charge on any atom is 0.254 e. The van der Waals surface area contributed by atoms with Gasteiger partial charge in [-0.2, -0.15) is 0 Å². The van der Waals surface area contributed by atoms with Crippen LogP contribution in [0.25, 0.3) is 11.3 Å². The number of aryl methyl sites for hydroxylation is 2. The summed E-state index contributed by atoms with van der Waals surface area (Å²) in [6.07, 6.45) is 2.30. The Hall–Kier alpha value is -3.42. The van der Waals surface area contributed by atoms with E-state index in [9.17, 15) is 13.6 Å². The van der Waals surface area contributed by atoms with Gasteiger partial charge in [0.25, 0.3) is 5.91 Å². The number of anilines is 1. The normalized spacial score (nSPS) is 20.0. The van der Waals surface area contributed by atoms with Crippen molar-refractivity contribution in [1.29, 1.82) is 0 Å². The van der Waals surface area contributed by atoms with Crippen LogP contribution in [-0.4, -0.2) is 51.4 Å². The van der Waals surface area contributed by atoms with Crippen LogP contribution in [0.2, 0.25) is 0 Å². The van der Waals surface area contributed by atoms with E-state index in [-0.39, 0.29) is 23.2 Å². The lowest BCUT2D eigenvalue weighted by molar-refractivity contribution is 0.0589. The number of piperidine rings is 1. The molecule has 2 aromatic heterocycles. The molecule has 0 radical (unpaired) electrons. The number of benzene rings is 1. The number of hydrogen-bond acceptors (Lipinski definition) is 5. The van der Waals surface area contributed by atoms with Gasteiger partial charge in [0.1, 0.15) is 17.3 Å². The molecule has 2 fully saturated rings. The number of aromatic nitrogens is 3. The Labute approximate surface area is 184 Å². The number of pyridine rings is 1. The fourth-order valence-corrected chi connectivity index (χ4v) is 4.70. The number of halogens is 2. The molecule has 8 heteroatoms. The molecule has 6 nitrogen and oxygen atoms in total. The van der Waals surface area contributed by atoms with Crippen LogP contribution in [0.5, 0.6) is 0 Å². The lowest BCUT2D eigenvalue weighted by Gasteiger charge is -2.53. The molecule has 4 heterocycles. The van der Waals surface area contributed by atoms with E-state index in [0.717, 1.165) is 24.4 Å². The second-order valence-corrected chi connectivity index (χ2v) is 8.49. The van der Waals surface area contributed by atoms with E-state index in [1.165, 1.54) is 36.5 Å². The van der Waals surface area contributed by atoms with Crippen LogP contribution in [0.1, 0.15) is 28.2 Å². The van der Waals surface area contributed by atoms with Gasteiger partial charge in [-0.1, -0.05) is 0 Å². The molecular formula is C24H23F2N5O. The molecule has 0 bridgehead atoms. The minimum Gasteiger partial charge on any atom is -0.337 e. The largest absolute Gasteiger partial charge is 0.337 e. The van der Waals surface area contributed by atoms with Crippen molar-refractivity contribution in [2.75, 3.05) is 24.5 Å². The SMILES string of the molecule is Cc1cc(C)nc(N2C[C@@H]3CCN(C(=O)c4cc(F)ccc4-c4ncccc4F)C[C@@H]32)n1. The number of likely N-dealkylation sites (tertiary alicyclic amines) is 1. The predicted octanol–water partition coefficient (Wildman–Crippen LogP) is 3.78. The Morgan fingerprint density at radius 3 is 2.59 bits per heavy atom. The van der Waals surface area contributed by atoms with Gasteiger partial charge < -0.3 is 9.80 Å². The summed E-state index contributed by atoms with van der Waals surface area (Å²) in [4.78, 5) is 30.5. The summed E-state index contributed by atoms with van der Waals surface area (Å²) < 4.78 is 28.5. The highest BCUT2D eigenvalue weighted by atomic mass is 19.1. The molecule has 2 saturated heterocycles. The molecule has 2 atom stereocenters. The van der Waals surface area contributed by atoms with Crippen molar-refractivity contribution in [3.63, 3.8) is 0 Å². The number of hydrogen-bond donors (Lipinski definition) is 0. The van der Waals surface area contributed by atoms with E-state index in [1.807, 2.05) is 19.9 Å². The van der Waals surface area contributed by atoms with Gasteiger partial charge in [-0.25, -0.2) is 18.7 Å². The highest BCUT2D eigenvalue weighted by Crippen LogP contribution is 2.36. The third kappa shape index (κ3) is 3.59. The molecule has 1 amide bonds. The lowest BCUT2D eigenvalue weighted by Crippen LogP contribution is -2.65. The number of nitrogens with zero attached hydrogens (tertiary/aromatic N) is 5. The van der Waals surface area contributed by atoms with E-state index in [1.54, 1.807) is 4.90 Å². The number of amides is 1. The van der Waals surface area contributed by atoms with Crippen LogP contribution < -0.4 is 4.90 Å². The van der Waals surface area contributed by atoms with Crippen molar-refractivity contribution in [2.45, 2.75) is 26.3 Å². The van der Waals surface area contributed by atoms with Gasteiger partial charge in [-0.3, -0.25) is 9.78 Å². The zero-order valence-corrected chi connectivity index (χ0v) is 17.9. The number of rotatable bonds is 3. The van der Waals surface area contributed by atoms with Gasteiger partial charge in [-0.15, -0.1) is 0 Å². The van der Waals surface area contributed by atoms with Crippen molar-refractivity contribution >= 4 is 11.9 Å². The maximum absolute atomic E-state index is 14.4. The maximum atomic E-state index is 14.4. The summed E-state index contributed by atoms with van der Waals surface area (Å²) in [6.45, 7) is 5.80. The zero-order chi connectivity index (χ0) is 22.4. The topological polar surface area (TPSA) is 62.2 Å². The zero-order valence-electron chi connectivity index (χ0n) is 17.9. The van der Waals surface area contributed by atoms with E-state index >= 15 is 0 Å². The average molecular weight is 435 g/mol. The third-order valence-electron chi connectivity index (χ3n) is 6.29. The Kier molecular flexibility index (Phi) is 5.07. The minimum atomic E-state index is -0.552. The Morgan fingerprint density at radius 1 is 1.06 bits per heavy atom. The Balaban J connectivity index is 1.42. The van der Waals surface area contributed by atoms with Crippen LogP contribution >= 0.6 is 0 Å². The minimum absolute atomic E-state index is 0.0413. The predicted molar refractivity (Wildman–Crippen MR) is 116 cm³/mol. The molecule has 0 saturated carbocycles. The first-order valence-electron chi connectivity index (χ1n) is 10.7. The first-order valence-corrected chi connectivity index (χ1v) is 10.7. The lowest BCUT2D eigenvalue weighted by atomic mass is 9.82. The van der Waals surface area contributed by atoms with Crippen LogP contribution in [0.4, 0.5) is 14.7 Å². The van der Waals surface area contributed by atoms with E-state index in [4.69, 9.17) is 0 Å². The van der Waals surface area contributed by atoms with Crippen molar-refractivity contribution in [2.24, 2.45) is 5.92 Å². The van der Waals surface area contributed by atoms with Crippen molar-refractivity contribution in [1.82, 2.24) is 19.9 Å². The second-order valence-electron chi connectivity index (χ2n) is 8.49. The van der Waals surface area contributed by atoms with Gasteiger partial charge in [0.2, 0.25) is 5.95 Å². The quantitative estimate of drug-likeness (QED) is 0.627. The summed E-state index contributed by atoms with van der Waals surface area (Å²) in [5, 5.41) is 0. The first-order chi connectivity index (χ1) is 15.4. The smallest absolute Gasteiger partial charge is 0.254 e. The molecule has 0 unspecified atom stereocenters. The monoisotopic (exact) mass is 435 g/mol. The second kappa shape index (κ2) is 7.93. The molecule has 1 aromatic carbocycles. The van der Waals surface area contributed by atoms with Gasteiger partial charge >= 0.3 is 0 Å². The fourth-order valence-electron chi connectivity index (χ4n) is 4.70. The van der Waals surface area contributed by atoms with E-state index in [0.29, 0.717) is 30.5 Å². The number of carbonyl (C=O) groups excluding carboxylic acids is 1. The highest BCUT2D eigenvalue weighted by Gasteiger charge is 2.45. The summed E-state index contributed by atoms with van der Waals surface area (Å²) in [5.41, 5.74) is 2.26. The molecule has 0 spiro atoms. The number of carbonyl (C=O) groups is 1. The molecule has 0 N–H and O–H groups in total. The molecule has 3 aromatic rings.